The Kier molecular flexibility index (Phi) is 3.89. The molecule has 0 amide bonds. The molecule has 0 saturated heterocycles. The maximum atomic E-state index is 12.5. The molecule has 19 heavy (non-hydrogen) atoms. The highest BCUT2D eigenvalue weighted by Gasteiger charge is 2.30. The van der Waals surface area contributed by atoms with E-state index >= 15 is 0 Å². The predicted molar refractivity (Wildman–Crippen MR) is 68.9 cm³/mol. The zero-order chi connectivity index (χ0) is 14.0. The van der Waals surface area contributed by atoms with Gasteiger partial charge in [-0.2, -0.15) is 13.2 Å². The maximum absolute atomic E-state index is 12.5. The molecule has 0 aliphatic rings. The normalized spacial score (nSPS) is 13.5. The molecule has 1 aromatic heterocycles. The summed E-state index contributed by atoms with van der Waals surface area (Å²) in [5, 5.41) is 0.885. The van der Waals surface area contributed by atoms with Gasteiger partial charge in [-0.25, -0.2) is 4.98 Å². The third kappa shape index (κ3) is 3.32. The first kappa shape index (κ1) is 14.0. The molecule has 1 atom stereocenters. The summed E-state index contributed by atoms with van der Waals surface area (Å²) in [5.74, 6) is 0. The van der Waals surface area contributed by atoms with Crippen LogP contribution in [0.3, 0.4) is 0 Å². The van der Waals surface area contributed by atoms with Gasteiger partial charge < -0.3 is 4.57 Å². The van der Waals surface area contributed by atoms with Gasteiger partial charge in [0.25, 0.3) is 0 Å². The number of halogens is 3. The van der Waals surface area contributed by atoms with Crippen molar-refractivity contribution in [2.24, 2.45) is 7.05 Å². The first-order chi connectivity index (χ1) is 8.88. The summed E-state index contributed by atoms with van der Waals surface area (Å²) >= 11 is 1.51. The van der Waals surface area contributed by atoms with E-state index in [0.717, 1.165) is 22.9 Å². The van der Waals surface area contributed by atoms with E-state index in [-0.39, 0.29) is 5.25 Å². The molecule has 6 heteroatoms. The lowest BCUT2D eigenvalue weighted by atomic mass is 10.1. The average molecular weight is 286 g/mol. The largest absolute Gasteiger partial charge is 0.416 e. The fourth-order valence-electron chi connectivity index (χ4n) is 1.63. The molecule has 2 nitrogen and oxygen atoms in total. The lowest BCUT2D eigenvalue weighted by Crippen LogP contribution is -2.04. The Hall–Kier alpha value is -1.43. The first-order valence-electron chi connectivity index (χ1n) is 5.69. The van der Waals surface area contributed by atoms with Crippen LogP contribution in [0.4, 0.5) is 13.2 Å². The summed E-state index contributed by atoms with van der Waals surface area (Å²) in [4.78, 5) is 4.18. The third-order valence-electron chi connectivity index (χ3n) is 2.77. The van der Waals surface area contributed by atoms with Crippen molar-refractivity contribution >= 4 is 11.8 Å². The second-order valence-electron chi connectivity index (χ2n) is 4.20. The summed E-state index contributed by atoms with van der Waals surface area (Å²) in [6.45, 7) is 1.95. The minimum Gasteiger partial charge on any atom is -0.329 e. The Bertz CT molecular complexity index is 546. The minimum absolute atomic E-state index is 0.0448. The summed E-state index contributed by atoms with van der Waals surface area (Å²) < 4.78 is 39.3. The first-order valence-corrected chi connectivity index (χ1v) is 6.57. The standard InChI is InChI=1S/C13H13F3N2S/c1-9(19-12-17-7-8-18(12)2)10-3-5-11(6-4-10)13(14,15)16/h3-9H,1-2H3/t9-/m0/s1. The lowest BCUT2D eigenvalue weighted by Gasteiger charge is -2.13. The van der Waals surface area contributed by atoms with Gasteiger partial charge in [0.15, 0.2) is 5.16 Å². The quantitative estimate of drug-likeness (QED) is 0.783. The van der Waals surface area contributed by atoms with Crippen LogP contribution in [0.5, 0.6) is 0 Å². The average Bonchev–Trinajstić information content (AvgIpc) is 2.74. The van der Waals surface area contributed by atoms with Gasteiger partial charge in [-0.3, -0.25) is 0 Å². The molecule has 1 heterocycles. The van der Waals surface area contributed by atoms with Gasteiger partial charge in [0.2, 0.25) is 0 Å². The van der Waals surface area contributed by atoms with Crippen molar-refractivity contribution in [2.75, 3.05) is 0 Å². The van der Waals surface area contributed by atoms with Crippen molar-refractivity contribution in [2.45, 2.75) is 23.5 Å². The molecule has 102 valence electrons. The van der Waals surface area contributed by atoms with Gasteiger partial charge in [-0.1, -0.05) is 23.9 Å². The Balaban J connectivity index is 2.12. The van der Waals surface area contributed by atoms with Crippen LogP contribution in [0.2, 0.25) is 0 Å². The number of imidazole rings is 1. The molecule has 0 radical (unpaired) electrons. The molecule has 0 spiro atoms. The molecular formula is C13H13F3N2S. The Labute approximate surface area is 113 Å². The molecule has 2 aromatic rings. The number of thioether (sulfide) groups is 1. The van der Waals surface area contributed by atoms with Gasteiger partial charge in [0.1, 0.15) is 0 Å². The molecule has 0 bridgehead atoms. The highest BCUT2D eigenvalue weighted by molar-refractivity contribution is 7.99. The van der Waals surface area contributed by atoms with Crippen molar-refractivity contribution in [1.29, 1.82) is 0 Å². The van der Waals surface area contributed by atoms with E-state index in [1.165, 1.54) is 23.9 Å². The van der Waals surface area contributed by atoms with Gasteiger partial charge >= 0.3 is 6.18 Å². The topological polar surface area (TPSA) is 17.8 Å². The van der Waals surface area contributed by atoms with E-state index in [1.54, 1.807) is 6.20 Å². The number of benzene rings is 1. The number of nitrogens with zero attached hydrogens (tertiary/aromatic N) is 2. The number of aryl methyl sites for hydroxylation is 1. The van der Waals surface area contributed by atoms with Crippen molar-refractivity contribution < 1.29 is 13.2 Å². The van der Waals surface area contributed by atoms with Crippen molar-refractivity contribution in [1.82, 2.24) is 9.55 Å². The molecule has 0 saturated carbocycles. The van der Waals surface area contributed by atoms with E-state index in [2.05, 4.69) is 4.98 Å². The van der Waals surface area contributed by atoms with E-state index in [1.807, 2.05) is 24.7 Å². The summed E-state index contributed by atoms with van der Waals surface area (Å²) in [6, 6.07) is 5.27. The Morgan fingerprint density at radius 2 is 1.84 bits per heavy atom. The summed E-state index contributed by atoms with van der Waals surface area (Å²) in [6.07, 6.45) is -0.752. The van der Waals surface area contributed by atoms with Crippen LogP contribution in [0, 0.1) is 0 Å². The van der Waals surface area contributed by atoms with E-state index in [0.29, 0.717) is 0 Å². The summed E-state index contributed by atoms with van der Waals surface area (Å²) in [5.41, 5.74) is 0.228. The van der Waals surface area contributed by atoms with Crippen LogP contribution in [0.25, 0.3) is 0 Å². The monoisotopic (exact) mass is 286 g/mol. The van der Waals surface area contributed by atoms with Crippen LogP contribution in [0.15, 0.2) is 41.8 Å². The zero-order valence-electron chi connectivity index (χ0n) is 10.5. The fraction of sp³-hybridized carbons (Fsp3) is 0.308. The molecule has 0 aliphatic carbocycles. The molecule has 2 rings (SSSR count). The minimum atomic E-state index is -4.28. The van der Waals surface area contributed by atoms with E-state index < -0.39 is 11.7 Å². The van der Waals surface area contributed by atoms with Gasteiger partial charge in [-0.05, 0) is 24.6 Å². The van der Waals surface area contributed by atoms with Gasteiger partial charge in [0.05, 0.1) is 5.56 Å². The Morgan fingerprint density at radius 3 is 2.32 bits per heavy atom. The second-order valence-corrected chi connectivity index (χ2v) is 5.51. The van der Waals surface area contributed by atoms with Crippen LogP contribution < -0.4 is 0 Å². The van der Waals surface area contributed by atoms with Crippen molar-refractivity contribution in [3.05, 3.63) is 47.8 Å². The lowest BCUT2D eigenvalue weighted by molar-refractivity contribution is -0.137. The van der Waals surface area contributed by atoms with Crippen LogP contribution in [-0.2, 0) is 13.2 Å². The molecule has 0 fully saturated rings. The Morgan fingerprint density at radius 1 is 1.21 bits per heavy atom. The third-order valence-corrected chi connectivity index (χ3v) is 4.00. The van der Waals surface area contributed by atoms with Crippen LogP contribution in [-0.4, -0.2) is 9.55 Å². The van der Waals surface area contributed by atoms with E-state index in [9.17, 15) is 13.2 Å². The maximum Gasteiger partial charge on any atom is 0.416 e. The van der Waals surface area contributed by atoms with Gasteiger partial charge in [-0.15, -0.1) is 0 Å². The smallest absolute Gasteiger partial charge is 0.329 e. The molecular weight excluding hydrogens is 273 g/mol. The number of aromatic nitrogens is 2. The number of hydrogen-bond acceptors (Lipinski definition) is 2. The molecule has 1 aromatic carbocycles. The zero-order valence-corrected chi connectivity index (χ0v) is 11.3. The second kappa shape index (κ2) is 5.28. The molecule has 0 N–H and O–H groups in total. The van der Waals surface area contributed by atoms with Crippen molar-refractivity contribution in [3.63, 3.8) is 0 Å². The van der Waals surface area contributed by atoms with Gasteiger partial charge in [0, 0.05) is 24.7 Å². The van der Waals surface area contributed by atoms with Crippen LogP contribution in [0.1, 0.15) is 23.3 Å². The molecule has 0 unspecified atom stereocenters. The predicted octanol–water partition coefficient (Wildman–Crippen LogP) is 4.29. The highest BCUT2D eigenvalue weighted by Crippen LogP contribution is 2.35. The SMILES string of the molecule is C[C@H](Sc1nccn1C)c1ccc(C(F)(F)F)cc1. The van der Waals surface area contributed by atoms with Crippen LogP contribution >= 0.6 is 11.8 Å². The van der Waals surface area contributed by atoms with E-state index in [4.69, 9.17) is 0 Å². The highest BCUT2D eigenvalue weighted by atomic mass is 32.2. The number of hydrogen-bond donors (Lipinski definition) is 0. The summed E-state index contributed by atoms with van der Waals surface area (Å²) in [7, 11) is 1.88. The number of rotatable bonds is 3. The number of alkyl halides is 3. The van der Waals surface area contributed by atoms with Crippen molar-refractivity contribution in [3.8, 4) is 0 Å². The molecule has 0 aliphatic heterocycles. The fourth-order valence-corrected chi connectivity index (χ4v) is 2.59.